The maximum Gasteiger partial charge on any atom is 0.340 e. The van der Waals surface area contributed by atoms with Gasteiger partial charge in [0.15, 0.2) is 0 Å². The van der Waals surface area contributed by atoms with Crippen LogP contribution in [0.3, 0.4) is 0 Å². The molecule has 0 aliphatic rings. The molecule has 0 radical (unpaired) electrons. The van der Waals surface area contributed by atoms with E-state index >= 15 is 0 Å². The number of carboxylic acid groups (broad SMARTS) is 1. The zero-order chi connectivity index (χ0) is 13.4. The van der Waals surface area contributed by atoms with Crippen molar-refractivity contribution in [3.63, 3.8) is 0 Å². The van der Waals surface area contributed by atoms with Crippen LogP contribution in [0.15, 0.2) is 22.7 Å². The topological polar surface area (TPSA) is 65.0 Å². The monoisotopic (exact) mass is 318 g/mol. The largest absolute Gasteiger partial charge is 0.490 e. The van der Waals surface area contributed by atoms with Gasteiger partial charge in [0.25, 0.3) is 0 Å². The van der Waals surface area contributed by atoms with Gasteiger partial charge in [0.1, 0.15) is 17.9 Å². The van der Waals surface area contributed by atoms with Crippen LogP contribution in [0.4, 0.5) is 0 Å². The summed E-state index contributed by atoms with van der Waals surface area (Å²) < 4.78 is 15.9. The van der Waals surface area contributed by atoms with Crippen LogP contribution in [0.2, 0.25) is 0 Å². The molecule has 0 amide bonds. The molecule has 0 aliphatic carbocycles. The lowest BCUT2D eigenvalue weighted by Gasteiger charge is -2.10. The Morgan fingerprint density at radius 2 is 2.00 bits per heavy atom. The Hall–Kier alpha value is -1.11. The highest BCUT2D eigenvalue weighted by Gasteiger charge is 2.14. The van der Waals surface area contributed by atoms with Gasteiger partial charge in [-0.05, 0) is 28.1 Å². The van der Waals surface area contributed by atoms with E-state index in [-0.39, 0.29) is 5.56 Å². The zero-order valence-electron chi connectivity index (χ0n) is 10.0. The maximum absolute atomic E-state index is 11.1. The Bertz CT molecular complexity index is 394. The van der Waals surface area contributed by atoms with Crippen molar-refractivity contribution in [2.75, 3.05) is 33.5 Å². The number of hydrogen-bond acceptors (Lipinski definition) is 4. The summed E-state index contributed by atoms with van der Waals surface area (Å²) in [6.07, 6.45) is 0. The predicted molar refractivity (Wildman–Crippen MR) is 69.3 cm³/mol. The number of rotatable bonds is 8. The molecule has 0 bridgehead atoms. The van der Waals surface area contributed by atoms with Crippen LogP contribution in [0.5, 0.6) is 5.75 Å². The van der Waals surface area contributed by atoms with Crippen LogP contribution >= 0.6 is 15.9 Å². The van der Waals surface area contributed by atoms with E-state index in [1.54, 1.807) is 25.3 Å². The van der Waals surface area contributed by atoms with Crippen molar-refractivity contribution < 1.29 is 24.1 Å². The third-order valence-corrected chi connectivity index (χ3v) is 2.77. The number of halogens is 1. The van der Waals surface area contributed by atoms with Gasteiger partial charge < -0.3 is 19.3 Å². The molecule has 100 valence electrons. The Labute approximate surface area is 114 Å². The molecule has 0 fully saturated rings. The average Bonchev–Trinajstić information content (AvgIpc) is 2.33. The van der Waals surface area contributed by atoms with Crippen molar-refractivity contribution in [2.24, 2.45) is 0 Å². The zero-order valence-corrected chi connectivity index (χ0v) is 11.6. The fourth-order valence-corrected chi connectivity index (χ4v) is 1.80. The van der Waals surface area contributed by atoms with Crippen LogP contribution in [-0.2, 0) is 9.47 Å². The summed E-state index contributed by atoms with van der Waals surface area (Å²) >= 11 is 3.18. The minimum atomic E-state index is -1.03. The lowest BCUT2D eigenvalue weighted by molar-refractivity contribution is 0.0535. The van der Waals surface area contributed by atoms with Crippen molar-refractivity contribution >= 4 is 21.9 Å². The van der Waals surface area contributed by atoms with Crippen LogP contribution < -0.4 is 4.74 Å². The molecule has 0 unspecified atom stereocenters. The first-order chi connectivity index (χ1) is 8.66. The highest BCUT2D eigenvalue weighted by Crippen LogP contribution is 2.26. The van der Waals surface area contributed by atoms with Gasteiger partial charge >= 0.3 is 5.97 Å². The second-order valence-electron chi connectivity index (χ2n) is 3.37. The SMILES string of the molecule is COCCOCCOc1cccc(Br)c1C(=O)O. The molecule has 0 saturated heterocycles. The van der Waals surface area contributed by atoms with Crippen molar-refractivity contribution in [2.45, 2.75) is 0 Å². The number of benzene rings is 1. The van der Waals surface area contributed by atoms with Gasteiger partial charge in [0, 0.05) is 11.6 Å². The lowest BCUT2D eigenvalue weighted by atomic mass is 10.2. The number of hydrogen-bond donors (Lipinski definition) is 1. The van der Waals surface area contributed by atoms with Gasteiger partial charge in [-0.25, -0.2) is 4.79 Å². The van der Waals surface area contributed by atoms with Gasteiger partial charge in [-0.3, -0.25) is 0 Å². The van der Waals surface area contributed by atoms with E-state index in [0.29, 0.717) is 36.6 Å². The minimum absolute atomic E-state index is 0.120. The van der Waals surface area contributed by atoms with Crippen LogP contribution in [0, 0.1) is 0 Å². The summed E-state index contributed by atoms with van der Waals surface area (Å²) in [6, 6.07) is 4.99. The van der Waals surface area contributed by atoms with E-state index in [1.807, 2.05) is 0 Å². The Morgan fingerprint density at radius 3 is 2.67 bits per heavy atom. The molecule has 0 heterocycles. The van der Waals surface area contributed by atoms with E-state index < -0.39 is 5.97 Å². The molecule has 0 spiro atoms. The third-order valence-electron chi connectivity index (χ3n) is 2.11. The maximum atomic E-state index is 11.1. The standard InChI is InChI=1S/C12H15BrO5/c1-16-5-6-17-7-8-18-10-4-2-3-9(13)11(10)12(14)15/h2-4H,5-8H2,1H3,(H,14,15). The third kappa shape index (κ3) is 4.64. The second kappa shape index (κ2) is 8.07. The molecule has 6 heteroatoms. The first-order valence-electron chi connectivity index (χ1n) is 5.38. The molecule has 5 nitrogen and oxygen atoms in total. The average molecular weight is 319 g/mol. The van der Waals surface area contributed by atoms with E-state index in [4.69, 9.17) is 19.3 Å². The fourth-order valence-electron chi connectivity index (χ4n) is 1.29. The normalized spacial score (nSPS) is 10.3. The van der Waals surface area contributed by atoms with Gasteiger partial charge in [-0.2, -0.15) is 0 Å². The lowest BCUT2D eigenvalue weighted by Crippen LogP contribution is -2.12. The van der Waals surface area contributed by atoms with E-state index in [2.05, 4.69) is 15.9 Å². The molecule has 0 aliphatic heterocycles. The summed E-state index contributed by atoms with van der Waals surface area (Å²) in [4.78, 5) is 11.1. The van der Waals surface area contributed by atoms with Gasteiger partial charge in [0.05, 0.1) is 19.8 Å². The van der Waals surface area contributed by atoms with Gasteiger partial charge in [0.2, 0.25) is 0 Å². The quantitative estimate of drug-likeness (QED) is 0.744. The van der Waals surface area contributed by atoms with Crippen molar-refractivity contribution in [1.29, 1.82) is 0 Å². The van der Waals surface area contributed by atoms with Crippen molar-refractivity contribution in [3.8, 4) is 5.75 Å². The van der Waals surface area contributed by atoms with E-state index in [9.17, 15) is 4.79 Å². The van der Waals surface area contributed by atoms with Gasteiger partial charge in [-0.1, -0.05) is 6.07 Å². The highest BCUT2D eigenvalue weighted by atomic mass is 79.9. The van der Waals surface area contributed by atoms with Crippen LogP contribution in [0.1, 0.15) is 10.4 Å². The Balaban J connectivity index is 2.47. The molecular formula is C12H15BrO5. The summed E-state index contributed by atoms with van der Waals surface area (Å²) in [5.74, 6) is -0.704. The number of carboxylic acids is 1. The van der Waals surface area contributed by atoms with E-state index in [1.165, 1.54) is 0 Å². The van der Waals surface area contributed by atoms with Crippen LogP contribution in [-0.4, -0.2) is 44.6 Å². The summed E-state index contributed by atoms with van der Waals surface area (Å²) in [5, 5.41) is 9.06. The molecule has 0 saturated carbocycles. The van der Waals surface area contributed by atoms with Crippen molar-refractivity contribution in [1.82, 2.24) is 0 Å². The van der Waals surface area contributed by atoms with Crippen LogP contribution in [0.25, 0.3) is 0 Å². The molecule has 0 atom stereocenters. The molecule has 1 aromatic carbocycles. The predicted octanol–water partition coefficient (Wildman–Crippen LogP) is 2.19. The molecule has 1 rings (SSSR count). The Morgan fingerprint density at radius 1 is 1.28 bits per heavy atom. The van der Waals surface area contributed by atoms with Crippen molar-refractivity contribution in [3.05, 3.63) is 28.2 Å². The first kappa shape index (κ1) is 14.9. The fraction of sp³-hybridized carbons (Fsp3) is 0.417. The number of carbonyl (C=O) groups is 1. The molecule has 0 aromatic heterocycles. The summed E-state index contributed by atoms with van der Waals surface area (Å²) in [6.45, 7) is 1.69. The smallest absolute Gasteiger partial charge is 0.340 e. The molecular weight excluding hydrogens is 304 g/mol. The Kier molecular flexibility index (Phi) is 6.70. The molecule has 18 heavy (non-hydrogen) atoms. The minimum Gasteiger partial charge on any atom is -0.490 e. The first-order valence-corrected chi connectivity index (χ1v) is 6.17. The number of aromatic carboxylic acids is 1. The van der Waals surface area contributed by atoms with E-state index in [0.717, 1.165) is 0 Å². The number of ether oxygens (including phenoxy) is 3. The molecule has 1 aromatic rings. The second-order valence-corrected chi connectivity index (χ2v) is 4.23. The highest BCUT2D eigenvalue weighted by molar-refractivity contribution is 9.10. The number of methoxy groups -OCH3 is 1. The summed E-state index contributed by atoms with van der Waals surface area (Å²) in [5.41, 5.74) is 0.120. The van der Waals surface area contributed by atoms with Gasteiger partial charge in [-0.15, -0.1) is 0 Å². The summed E-state index contributed by atoms with van der Waals surface area (Å²) in [7, 11) is 1.60. The molecule has 1 N–H and O–H groups in total.